The van der Waals surface area contributed by atoms with Crippen molar-refractivity contribution in [1.82, 2.24) is 20.5 Å². The minimum Gasteiger partial charge on any atom is -0.494 e. The number of rotatable bonds is 7. The first-order valence-electron chi connectivity index (χ1n) is 9.09. The molecule has 0 atom stereocenters. The van der Waals surface area contributed by atoms with E-state index in [2.05, 4.69) is 20.5 Å². The second-order valence-corrected chi connectivity index (χ2v) is 7.24. The fraction of sp³-hybridized carbons (Fsp3) is 0.474. The molecule has 3 rings (SSSR count). The second kappa shape index (κ2) is 9.12. The van der Waals surface area contributed by atoms with E-state index < -0.39 is 0 Å². The van der Waals surface area contributed by atoms with Crippen molar-refractivity contribution < 1.29 is 9.53 Å². The summed E-state index contributed by atoms with van der Waals surface area (Å²) in [6.07, 6.45) is 0. The normalized spacial score (nSPS) is 15.0. The van der Waals surface area contributed by atoms with Crippen LogP contribution in [0.4, 0.5) is 0 Å². The van der Waals surface area contributed by atoms with Crippen molar-refractivity contribution >= 4 is 17.2 Å². The molecule has 1 aliphatic heterocycles. The highest BCUT2D eigenvalue weighted by molar-refractivity contribution is 7.17. The number of hydrogen-bond donors (Lipinski definition) is 2. The van der Waals surface area contributed by atoms with Gasteiger partial charge in [0.15, 0.2) is 0 Å². The Kier molecular flexibility index (Phi) is 6.60. The number of nitrogens with one attached hydrogen (secondary N) is 2. The standard InChI is InChI=1S/C19H26N4O2S/c1-3-25-16-6-4-15(5-7-16)19-22-14(2)17(26-19)18(24)21-10-13-23-11-8-20-9-12-23/h4-7,20H,3,8-13H2,1-2H3,(H,21,24). The summed E-state index contributed by atoms with van der Waals surface area (Å²) in [6.45, 7) is 10.2. The van der Waals surface area contributed by atoms with Gasteiger partial charge in [0, 0.05) is 44.8 Å². The molecule has 1 amide bonds. The molecular weight excluding hydrogens is 348 g/mol. The van der Waals surface area contributed by atoms with Crippen LogP contribution in [0.15, 0.2) is 24.3 Å². The molecule has 2 heterocycles. The van der Waals surface area contributed by atoms with E-state index in [9.17, 15) is 4.79 Å². The number of carbonyl (C=O) groups excluding carboxylic acids is 1. The fourth-order valence-corrected chi connectivity index (χ4v) is 3.92. The lowest BCUT2D eigenvalue weighted by Gasteiger charge is -2.27. The Morgan fingerprint density at radius 3 is 2.73 bits per heavy atom. The summed E-state index contributed by atoms with van der Waals surface area (Å²) in [5.41, 5.74) is 1.78. The lowest BCUT2D eigenvalue weighted by atomic mass is 10.2. The molecule has 0 radical (unpaired) electrons. The minimum atomic E-state index is -0.0349. The van der Waals surface area contributed by atoms with Gasteiger partial charge in [0.25, 0.3) is 5.91 Å². The van der Waals surface area contributed by atoms with Crippen molar-refractivity contribution in [2.24, 2.45) is 0 Å². The molecule has 2 N–H and O–H groups in total. The zero-order valence-corrected chi connectivity index (χ0v) is 16.2. The van der Waals surface area contributed by atoms with E-state index >= 15 is 0 Å². The average molecular weight is 375 g/mol. The SMILES string of the molecule is CCOc1ccc(-c2nc(C)c(C(=O)NCCN3CCNCC3)s2)cc1. The Labute approximate surface area is 158 Å². The van der Waals surface area contributed by atoms with Gasteiger partial charge < -0.3 is 15.4 Å². The Bertz CT molecular complexity index is 724. The van der Waals surface area contributed by atoms with Crippen LogP contribution in [0.25, 0.3) is 10.6 Å². The summed E-state index contributed by atoms with van der Waals surface area (Å²) in [7, 11) is 0. The van der Waals surface area contributed by atoms with Crippen LogP contribution in [0, 0.1) is 6.92 Å². The van der Waals surface area contributed by atoms with E-state index in [1.165, 1.54) is 11.3 Å². The van der Waals surface area contributed by atoms with Crippen LogP contribution in [0.2, 0.25) is 0 Å². The van der Waals surface area contributed by atoms with E-state index in [4.69, 9.17) is 4.74 Å². The molecule has 0 bridgehead atoms. The molecule has 26 heavy (non-hydrogen) atoms. The third kappa shape index (κ3) is 4.81. The predicted molar refractivity (Wildman–Crippen MR) is 105 cm³/mol. The molecule has 2 aromatic rings. The van der Waals surface area contributed by atoms with E-state index in [1.807, 2.05) is 38.1 Å². The van der Waals surface area contributed by atoms with Crippen molar-refractivity contribution in [1.29, 1.82) is 0 Å². The Morgan fingerprint density at radius 1 is 1.31 bits per heavy atom. The van der Waals surface area contributed by atoms with Crippen LogP contribution >= 0.6 is 11.3 Å². The van der Waals surface area contributed by atoms with Crippen LogP contribution in [-0.4, -0.2) is 61.7 Å². The molecule has 0 unspecified atom stereocenters. The number of aryl methyl sites for hydroxylation is 1. The largest absolute Gasteiger partial charge is 0.494 e. The molecule has 1 saturated heterocycles. The van der Waals surface area contributed by atoms with E-state index in [1.54, 1.807) is 0 Å². The number of ether oxygens (including phenoxy) is 1. The second-order valence-electron chi connectivity index (χ2n) is 6.24. The summed E-state index contributed by atoms with van der Waals surface area (Å²) in [6, 6.07) is 7.83. The van der Waals surface area contributed by atoms with Crippen LogP contribution in [0.1, 0.15) is 22.3 Å². The fourth-order valence-electron chi connectivity index (χ4n) is 2.93. The van der Waals surface area contributed by atoms with E-state index in [-0.39, 0.29) is 5.91 Å². The lowest BCUT2D eigenvalue weighted by molar-refractivity contribution is 0.0950. The molecule has 6 nitrogen and oxygen atoms in total. The van der Waals surface area contributed by atoms with E-state index in [0.29, 0.717) is 18.0 Å². The van der Waals surface area contributed by atoms with Gasteiger partial charge >= 0.3 is 0 Å². The van der Waals surface area contributed by atoms with Crippen LogP contribution in [-0.2, 0) is 0 Å². The van der Waals surface area contributed by atoms with Crippen molar-refractivity contribution in [2.75, 3.05) is 45.9 Å². The number of aromatic nitrogens is 1. The van der Waals surface area contributed by atoms with Crippen LogP contribution in [0.3, 0.4) is 0 Å². The molecule has 1 aliphatic rings. The average Bonchev–Trinajstić information content (AvgIpc) is 3.05. The summed E-state index contributed by atoms with van der Waals surface area (Å²) >= 11 is 1.44. The molecule has 0 aliphatic carbocycles. The zero-order chi connectivity index (χ0) is 18.4. The van der Waals surface area contributed by atoms with Gasteiger partial charge in [-0.15, -0.1) is 11.3 Å². The molecule has 1 fully saturated rings. The van der Waals surface area contributed by atoms with E-state index in [0.717, 1.165) is 54.7 Å². The molecule has 0 saturated carbocycles. The minimum absolute atomic E-state index is 0.0349. The van der Waals surface area contributed by atoms with Crippen molar-refractivity contribution in [3.8, 4) is 16.3 Å². The third-order valence-corrected chi connectivity index (χ3v) is 5.54. The van der Waals surface area contributed by atoms with Gasteiger partial charge in [-0.3, -0.25) is 9.69 Å². The number of carbonyl (C=O) groups is 1. The monoisotopic (exact) mass is 374 g/mol. The van der Waals surface area contributed by atoms with Gasteiger partial charge in [-0.05, 0) is 38.1 Å². The van der Waals surface area contributed by atoms with Gasteiger partial charge in [-0.2, -0.15) is 0 Å². The molecule has 0 spiro atoms. The van der Waals surface area contributed by atoms with Crippen LogP contribution in [0.5, 0.6) is 5.75 Å². The van der Waals surface area contributed by atoms with Gasteiger partial charge in [-0.1, -0.05) is 0 Å². The summed E-state index contributed by atoms with van der Waals surface area (Å²) in [5.74, 6) is 0.808. The number of hydrogen-bond acceptors (Lipinski definition) is 6. The molecule has 7 heteroatoms. The quantitative estimate of drug-likeness (QED) is 0.777. The topological polar surface area (TPSA) is 66.5 Å². The summed E-state index contributed by atoms with van der Waals surface area (Å²) in [4.78, 5) is 20.1. The van der Waals surface area contributed by atoms with Crippen LogP contribution < -0.4 is 15.4 Å². The van der Waals surface area contributed by atoms with Crippen molar-refractivity contribution in [3.63, 3.8) is 0 Å². The highest BCUT2D eigenvalue weighted by atomic mass is 32.1. The Morgan fingerprint density at radius 2 is 2.04 bits per heavy atom. The maximum absolute atomic E-state index is 12.5. The molecule has 140 valence electrons. The number of nitrogens with zero attached hydrogens (tertiary/aromatic N) is 2. The smallest absolute Gasteiger partial charge is 0.263 e. The number of amides is 1. The van der Waals surface area contributed by atoms with Gasteiger partial charge in [0.1, 0.15) is 15.6 Å². The highest BCUT2D eigenvalue weighted by Crippen LogP contribution is 2.29. The zero-order valence-electron chi connectivity index (χ0n) is 15.4. The maximum atomic E-state index is 12.5. The van der Waals surface area contributed by atoms with Gasteiger partial charge in [0.05, 0.1) is 12.3 Å². The van der Waals surface area contributed by atoms with Gasteiger partial charge in [-0.25, -0.2) is 4.98 Å². The predicted octanol–water partition coefficient (Wildman–Crippen LogP) is 2.15. The van der Waals surface area contributed by atoms with Crippen molar-refractivity contribution in [2.45, 2.75) is 13.8 Å². The lowest BCUT2D eigenvalue weighted by Crippen LogP contribution is -2.46. The summed E-state index contributed by atoms with van der Waals surface area (Å²) in [5, 5.41) is 7.22. The first kappa shape index (κ1) is 18.8. The maximum Gasteiger partial charge on any atom is 0.263 e. The van der Waals surface area contributed by atoms with Crippen molar-refractivity contribution in [3.05, 3.63) is 34.8 Å². The third-order valence-electron chi connectivity index (χ3n) is 4.34. The first-order chi connectivity index (χ1) is 12.7. The molecule has 1 aromatic heterocycles. The highest BCUT2D eigenvalue weighted by Gasteiger charge is 2.17. The number of thiazole rings is 1. The molecular formula is C19H26N4O2S. The Hall–Kier alpha value is -1.96. The number of piperazine rings is 1. The Balaban J connectivity index is 1.58. The summed E-state index contributed by atoms with van der Waals surface area (Å²) < 4.78 is 5.47. The first-order valence-corrected chi connectivity index (χ1v) is 9.91. The van der Waals surface area contributed by atoms with Gasteiger partial charge in [0.2, 0.25) is 0 Å². The molecule has 1 aromatic carbocycles. The number of benzene rings is 1.